The van der Waals surface area contributed by atoms with Crippen LogP contribution in [0.5, 0.6) is 0 Å². The molecule has 1 aliphatic rings. The molecule has 3 aromatic rings. The highest BCUT2D eigenvalue weighted by atomic mass is 32.2. The number of rotatable bonds is 8. The Bertz CT molecular complexity index is 1510. The van der Waals surface area contributed by atoms with Crippen LogP contribution in [0.1, 0.15) is 46.5 Å². The maximum Gasteiger partial charge on any atom is 0.324 e. The average molecular weight is 576 g/mol. The fraction of sp³-hybridized carbons (Fsp3) is 0.280. The first-order valence-corrected chi connectivity index (χ1v) is 12.8. The molecule has 14 heteroatoms. The minimum Gasteiger partial charge on any atom is -0.356 e. The Morgan fingerprint density at radius 1 is 0.821 bits per heavy atom. The molecule has 0 unspecified atom stereocenters. The molecule has 8 nitrogen and oxygen atoms in total. The van der Waals surface area contributed by atoms with Gasteiger partial charge in [0.25, 0.3) is 11.8 Å². The highest BCUT2D eigenvalue weighted by Gasteiger charge is 2.41. The molecule has 1 heterocycles. The van der Waals surface area contributed by atoms with Crippen LogP contribution >= 0.6 is 0 Å². The van der Waals surface area contributed by atoms with Crippen LogP contribution in [0.15, 0.2) is 35.2 Å². The molecule has 0 saturated carbocycles. The molecule has 0 spiro atoms. The highest BCUT2D eigenvalue weighted by Crippen LogP contribution is 2.34. The van der Waals surface area contributed by atoms with Crippen LogP contribution in [-0.2, 0) is 23.9 Å². The predicted octanol–water partition coefficient (Wildman–Crippen LogP) is 5.17. The number of nitrogens with zero attached hydrogens (tertiary/aromatic N) is 1. The Balaban J connectivity index is 0.000000459. The number of halogens is 5. The number of hydroxylamine groups is 2. The maximum atomic E-state index is 14.0. The summed E-state index contributed by atoms with van der Waals surface area (Å²) in [6, 6.07) is 7.26. The van der Waals surface area contributed by atoms with Gasteiger partial charge in [0.1, 0.15) is 6.79 Å². The maximum absolute atomic E-state index is 14.0. The summed E-state index contributed by atoms with van der Waals surface area (Å²) in [5.41, 5.74) is 0.238. The van der Waals surface area contributed by atoms with Gasteiger partial charge < -0.3 is 9.47 Å². The van der Waals surface area contributed by atoms with Crippen LogP contribution in [0.2, 0.25) is 0 Å². The number of ether oxygens (including phenoxy) is 2. The van der Waals surface area contributed by atoms with Gasteiger partial charge in [-0.3, -0.25) is 9.59 Å². The quantitative estimate of drug-likeness (QED) is 0.0913. The van der Waals surface area contributed by atoms with Gasteiger partial charge in [-0.25, -0.2) is 22.0 Å². The number of aryl methyl sites for hydroxylation is 1. The Kier molecular flexibility index (Phi) is 9.38. The Hall–Kier alpha value is -3.46. The molecule has 0 saturated heterocycles. The summed E-state index contributed by atoms with van der Waals surface area (Å²) in [7, 11) is -5.84. The monoisotopic (exact) mass is 575 g/mol. The van der Waals surface area contributed by atoms with Crippen molar-refractivity contribution in [1.29, 1.82) is 0 Å². The van der Waals surface area contributed by atoms with Crippen molar-refractivity contribution in [2.24, 2.45) is 0 Å². The number of benzene rings is 3. The fourth-order valence-electron chi connectivity index (χ4n) is 3.59. The van der Waals surface area contributed by atoms with E-state index in [1.807, 2.05) is 6.92 Å². The lowest BCUT2D eigenvalue weighted by atomic mass is 9.93. The number of carbonyl (C=O) groups excluding carboxylic acids is 2. The third-order valence-corrected chi connectivity index (χ3v) is 6.47. The zero-order valence-corrected chi connectivity index (χ0v) is 21.6. The average Bonchev–Trinajstić information content (AvgIpc) is 2.90. The van der Waals surface area contributed by atoms with Gasteiger partial charge in [0.15, 0.2) is 28.2 Å². The van der Waals surface area contributed by atoms with E-state index in [9.17, 15) is 40.0 Å². The summed E-state index contributed by atoms with van der Waals surface area (Å²) in [4.78, 5) is 23.1. The molecule has 210 valence electrons. The minimum atomic E-state index is -5.84. The van der Waals surface area contributed by atoms with E-state index in [-0.39, 0.29) is 21.6 Å². The van der Waals surface area contributed by atoms with E-state index < -0.39 is 55.9 Å². The predicted molar refractivity (Wildman–Crippen MR) is 126 cm³/mol. The highest BCUT2D eigenvalue weighted by molar-refractivity contribution is 7.86. The summed E-state index contributed by atoms with van der Waals surface area (Å²) in [6.07, 6.45) is 1.06. The first-order chi connectivity index (χ1) is 18.4. The van der Waals surface area contributed by atoms with E-state index in [4.69, 9.17) is 9.47 Å². The molecule has 0 aromatic heterocycles. The second kappa shape index (κ2) is 12.2. The van der Waals surface area contributed by atoms with Gasteiger partial charge in [0.2, 0.25) is 5.82 Å². The van der Waals surface area contributed by atoms with Crippen LogP contribution in [0.3, 0.4) is 0 Å². The van der Waals surface area contributed by atoms with Crippen molar-refractivity contribution >= 4 is 32.7 Å². The lowest BCUT2D eigenvalue weighted by molar-refractivity contribution is -0.0489. The summed E-state index contributed by atoms with van der Waals surface area (Å²) in [5, 5.41) is 0.372. The van der Waals surface area contributed by atoms with E-state index in [0.29, 0.717) is 17.7 Å². The number of imide groups is 1. The Morgan fingerprint density at radius 3 is 2.00 bits per heavy atom. The van der Waals surface area contributed by atoms with Gasteiger partial charge in [-0.2, -0.15) is 8.42 Å². The van der Waals surface area contributed by atoms with Gasteiger partial charge >= 0.3 is 10.1 Å². The van der Waals surface area contributed by atoms with E-state index >= 15 is 0 Å². The molecule has 0 N–H and O–H groups in total. The third kappa shape index (κ3) is 5.93. The number of hydrogen-bond acceptors (Lipinski definition) is 7. The third-order valence-electron chi connectivity index (χ3n) is 5.26. The number of amides is 2. The molecule has 2 amide bonds. The summed E-state index contributed by atoms with van der Waals surface area (Å²) >= 11 is 0. The van der Waals surface area contributed by atoms with Gasteiger partial charge in [0.05, 0.1) is 11.1 Å². The van der Waals surface area contributed by atoms with Gasteiger partial charge in [-0.15, -0.1) is 9.35 Å². The lowest BCUT2D eigenvalue weighted by Gasteiger charge is -2.25. The van der Waals surface area contributed by atoms with Gasteiger partial charge in [-0.05, 0) is 43.4 Å². The van der Waals surface area contributed by atoms with E-state index in [1.165, 1.54) is 18.2 Å². The van der Waals surface area contributed by atoms with Crippen molar-refractivity contribution < 1.29 is 53.7 Å². The number of hydrogen-bond donors (Lipinski definition) is 0. The zero-order valence-electron chi connectivity index (χ0n) is 20.8. The largest absolute Gasteiger partial charge is 0.356 e. The Morgan fingerprint density at radius 2 is 1.41 bits per heavy atom. The molecule has 0 atom stereocenters. The van der Waals surface area contributed by atoms with Crippen molar-refractivity contribution in [1.82, 2.24) is 5.06 Å². The first-order valence-electron chi connectivity index (χ1n) is 11.4. The molecule has 0 radical (unpaired) electrons. The second-order valence-corrected chi connectivity index (χ2v) is 9.53. The van der Waals surface area contributed by atoms with Crippen LogP contribution in [0.25, 0.3) is 10.8 Å². The Labute approximate surface area is 219 Å². The van der Waals surface area contributed by atoms with Crippen molar-refractivity contribution in [3.8, 4) is 0 Å². The normalized spacial score (nSPS) is 13.1. The lowest BCUT2D eigenvalue weighted by Crippen LogP contribution is -2.42. The van der Waals surface area contributed by atoms with E-state index in [2.05, 4.69) is 11.2 Å². The first kappa shape index (κ1) is 30.1. The van der Waals surface area contributed by atoms with E-state index in [0.717, 1.165) is 19.6 Å². The zero-order chi connectivity index (χ0) is 29.1. The van der Waals surface area contributed by atoms with Crippen LogP contribution in [-0.4, -0.2) is 45.3 Å². The van der Waals surface area contributed by atoms with Crippen LogP contribution in [0.4, 0.5) is 22.0 Å². The molecule has 39 heavy (non-hydrogen) atoms. The van der Waals surface area contributed by atoms with Crippen LogP contribution in [0, 0.1) is 36.0 Å². The molecular formula is C25H22F5NO7S. The number of carbonyl (C=O) groups is 2. The van der Waals surface area contributed by atoms with Crippen LogP contribution < -0.4 is 0 Å². The molecular weight excluding hydrogens is 553 g/mol. The van der Waals surface area contributed by atoms with Crippen molar-refractivity contribution in [3.05, 3.63) is 76.1 Å². The van der Waals surface area contributed by atoms with E-state index in [1.54, 1.807) is 19.1 Å². The fourth-order valence-corrected chi connectivity index (χ4v) is 4.61. The minimum absolute atomic E-state index is 0.155. The molecule has 0 bridgehead atoms. The molecule has 0 aliphatic carbocycles. The molecule has 0 fully saturated rings. The standard InChI is InChI=1S/C19H8F5NO5S.C6H14O2/c1-7-5-8-3-2-4-9-11(8)10(6-7)19(27)25(18(9)26)30-31(28,29)17-15(23)13(21)12(20)14(22)16(17)24;1-3-5-8-6-7-4-2/h2-6H,1H3;3-6H2,1-2H3. The topological polar surface area (TPSA) is 99.2 Å². The summed E-state index contributed by atoms with van der Waals surface area (Å²) < 4.78 is 107. The van der Waals surface area contributed by atoms with Crippen molar-refractivity contribution in [2.45, 2.75) is 32.1 Å². The SMILES string of the molecule is CCCOCOCC.Cc1cc2c3c(cccc3c1)C(=O)N(OS(=O)(=O)c1c(F)c(F)c(F)c(F)c1F)C2=O. The second-order valence-electron chi connectivity index (χ2n) is 8.07. The summed E-state index contributed by atoms with van der Waals surface area (Å²) in [6.45, 7) is 7.64. The van der Waals surface area contributed by atoms with Gasteiger partial charge in [0, 0.05) is 18.6 Å². The molecule has 3 aromatic carbocycles. The van der Waals surface area contributed by atoms with Gasteiger partial charge in [-0.1, -0.05) is 25.1 Å². The molecule has 4 rings (SSSR count). The van der Waals surface area contributed by atoms with Crippen molar-refractivity contribution in [2.75, 3.05) is 20.0 Å². The molecule has 1 aliphatic heterocycles. The van der Waals surface area contributed by atoms with Crippen molar-refractivity contribution in [3.63, 3.8) is 0 Å². The summed E-state index contributed by atoms with van der Waals surface area (Å²) in [5.74, 6) is -15.7. The smallest absolute Gasteiger partial charge is 0.324 e.